The van der Waals surface area contributed by atoms with Gasteiger partial charge in [0.25, 0.3) is 0 Å². The van der Waals surface area contributed by atoms with Crippen molar-refractivity contribution in [3.05, 3.63) is 57.6 Å². The third-order valence-electron chi connectivity index (χ3n) is 5.36. The smallest absolute Gasteiger partial charge is 0.340 e. The molecule has 0 unspecified atom stereocenters. The molecule has 0 bridgehead atoms. The summed E-state index contributed by atoms with van der Waals surface area (Å²) in [7, 11) is 3.15. The Bertz CT molecular complexity index is 1360. The molecule has 0 aliphatic rings. The maximum atomic E-state index is 12.3. The highest BCUT2D eigenvalue weighted by Crippen LogP contribution is 2.39. The van der Waals surface area contributed by atoms with E-state index in [4.69, 9.17) is 23.4 Å². The molecule has 0 fully saturated rings. The maximum Gasteiger partial charge on any atom is 0.340 e. The standard InChI is InChI=1S/C23H20O7/c1-11-14-8-16-17(13-5-6-18(27-3)19(7-13)28-4)10-29-21(16)12(2)22(14)30-23(26)15(11)9-20(24)25/h5-8,10H,9H2,1-4H3,(H,24,25). The number of methoxy groups -OCH3 is 2. The van der Waals surface area contributed by atoms with Crippen LogP contribution >= 0.6 is 0 Å². The van der Waals surface area contributed by atoms with Crippen molar-refractivity contribution < 1.29 is 28.2 Å². The molecule has 0 atom stereocenters. The second kappa shape index (κ2) is 7.26. The normalized spacial score (nSPS) is 11.2. The van der Waals surface area contributed by atoms with E-state index in [1.54, 1.807) is 27.4 Å². The summed E-state index contributed by atoms with van der Waals surface area (Å²) in [6.07, 6.45) is 1.25. The summed E-state index contributed by atoms with van der Waals surface area (Å²) in [5.41, 5.74) is 3.46. The highest BCUT2D eigenvalue weighted by atomic mass is 16.5. The van der Waals surface area contributed by atoms with Crippen LogP contribution in [0.4, 0.5) is 0 Å². The minimum atomic E-state index is -1.09. The van der Waals surface area contributed by atoms with Crippen LogP contribution in [-0.4, -0.2) is 25.3 Å². The Kier molecular flexibility index (Phi) is 4.73. The number of furan rings is 1. The molecule has 0 amide bonds. The molecule has 154 valence electrons. The fourth-order valence-electron chi connectivity index (χ4n) is 3.78. The van der Waals surface area contributed by atoms with E-state index in [0.29, 0.717) is 39.2 Å². The number of hydrogen-bond donors (Lipinski definition) is 1. The first-order valence-corrected chi connectivity index (χ1v) is 9.27. The van der Waals surface area contributed by atoms with Gasteiger partial charge in [0.15, 0.2) is 11.5 Å². The Morgan fingerprint density at radius 3 is 2.40 bits per heavy atom. The van der Waals surface area contributed by atoms with Crippen molar-refractivity contribution in [2.75, 3.05) is 14.2 Å². The monoisotopic (exact) mass is 408 g/mol. The first-order chi connectivity index (χ1) is 14.3. The molecule has 4 rings (SSSR count). The number of ether oxygens (including phenoxy) is 2. The molecule has 2 aromatic heterocycles. The van der Waals surface area contributed by atoms with Crippen LogP contribution in [0.15, 0.2) is 44.2 Å². The molecule has 2 heterocycles. The van der Waals surface area contributed by atoms with Crippen LogP contribution in [0.1, 0.15) is 16.7 Å². The van der Waals surface area contributed by atoms with Gasteiger partial charge in [0, 0.05) is 21.9 Å². The van der Waals surface area contributed by atoms with Crippen molar-refractivity contribution in [2.24, 2.45) is 0 Å². The van der Waals surface area contributed by atoms with Gasteiger partial charge in [-0.15, -0.1) is 0 Å². The highest BCUT2D eigenvalue weighted by Gasteiger charge is 2.20. The number of rotatable bonds is 5. The minimum Gasteiger partial charge on any atom is -0.493 e. The van der Waals surface area contributed by atoms with Gasteiger partial charge in [-0.1, -0.05) is 6.07 Å². The molecular weight excluding hydrogens is 388 g/mol. The first-order valence-electron chi connectivity index (χ1n) is 9.27. The van der Waals surface area contributed by atoms with Crippen molar-refractivity contribution in [1.82, 2.24) is 0 Å². The van der Waals surface area contributed by atoms with Crippen LogP contribution in [0.3, 0.4) is 0 Å². The second-order valence-electron chi connectivity index (χ2n) is 7.04. The third-order valence-corrected chi connectivity index (χ3v) is 5.36. The third kappa shape index (κ3) is 2.99. The number of aliphatic carboxylic acids is 1. The lowest BCUT2D eigenvalue weighted by Gasteiger charge is -2.10. The molecule has 2 aromatic carbocycles. The summed E-state index contributed by atoms with van der Waals surface area (Å²) in [6, 6.07) is 7.45. The largest absolute Gasteiger partial charge is 0.493 e. The van der Waals surface area contributed by atoms with E-state index < -0.39 is 18.0 Å². The summed E-state index contributed by atoms with van der Waals surface area (Å²) in [4.78, 5) is 23.5. The molecule has 0 spiro atoms. The number of carboxylic acid groups (broad SMARTS) is 1. The van der Waals surface area contributed by atoms with Crippen LogP contribution in [0.25, 0.3) is 33.1 Å². The zero-order chi connectivity index (χ0) is 21.6. The molecule has 0 saturated heterocycles. The molecule has 0 aliphatic heterocycles. The van der Waals surface area contributed by atoms with Crippen LogP contribution in [0.5, 0.6) is 11.5 Å². The predicted molar refractivity (Wildman–Crippen MR) is 112 cm³/mol. The van der Waals surface area contributed by atoms with Gasteiger partial charge >= 0.3 is 11.6 Å². The van der Waals surface area contributed by atoms with E-state index in [1.807, 2.05) is 31.2 Å². The van der Waals surface area contributed by atoms with E-state index >= 15 is 0 Å². The first kappa shape index (κ1) is 19.6. The Hall–Kier alpha value is -3.74. The van der Waals surface area contributed by atoms with Gasteiger partial charge in [-0.25, -0.2) is 4.79 Å². The van der Waals surface area contributed by atoms with Gasteiger partial charge < -0.3 is 23.4 Å². The molecule has 30 heavy (non-hydrogen) atoms. The fraction of sp³-hybridized carbons (Fsp3) is 0.217. The summed E-state index contributed by atoms with van der Waals surface area (Å²) >= 11 is 0. The van der Waals surface area contributed by atoms with Gasteiger partial charge in [0.2, 0.25) is 0 Å². The average molecular weight is 408 g/mol. The maximum absolute atomic E-state index is 12.3. The SMILES string of the molecule is COc1ccc(-c2coc3c(C)c4oc(=O)c(CC(=O)O)c(C)c4cc23)cc1OC. The van der Waals surface area contributed by atoms with Gasteiger partial charge in [-0.3, -0.25) is 4.79 Å². The second-order valence-corrected chi connectivity index (χ2v) is 7.04. The van der Waals surface area contributed by atoms with E-state index in [9.17, 15) is 9.59 Å². The van der Waals surface area contributed by atoms with E-state index in [-0.39, 0.29) is 5.56 Å². The zero-order valence-electron chi connectivity index (χ0n) is 17.0. The molecule has 7 nitrogen and oxygen atoms in total. The summed E-state index contributed by atoms with van der Waals surface area (Å²) in [6.45, 7) is 3.55. The van der Waals surface area contributed by atoms with Crippen molar-refractivity contribution in [3.63, 3.8) is 0 Å². The van der Waals surface area contributed by atoms with E-state index in [2.05, 4.69) is 0 Å². The van der Waals surface area contributed by atoms with Crippen LogP contribution in [0.2, 0.25) is 0 Å². The number of benzene rings is 2. The molecule has 7 heteroatoms. The van der Waals surface area contributed by atoms with Crippen molar-refractivity contribution in [3.8, 4) is 22.6 Å². The number of aryl methyl sites for hydroxylation is 2. The Morgan fingerprint density at radius 1 is 1.00 bits per heavy atom. The lowest BCUT2D eigenvalue weighted by Crippen LogP contribution is -2.15. The Balaban J connectivity index is 2.01. The Morgan fingerprint density at radius 2 is 1.73 bits per heavy atom. The predicted octanol–water partition coefficient (Wildman–Crippen LogP) is 4.47. The number of carboxylic acids is 1. The fourth-order valence-corrected chi connectivity index (χ4v) is 3.78. The molecular formula is C23H20O7. The minimum absolute atomic E-state index is 0.143. The van der Waals surface area contributed by atoms with Crippen LogP contribution < -0.4 is 15.1 Å². The quantitative estimate of drug-likeness (QED) is 0.487. The number of hydrogen-bond acceptors (Lipinski definition) is 6. The highest BCUT2D eigenvalue weighted by molar-refractivity contribution is 6.05. The van der Waals surface area contributed by atoms with Crippen molar-refractivity contribution >= 4 is 27.9 Å². The molecule has 0 saturated carbocycles. The lowest BCUT2D eigenvalue weighted by molar-refractivity contribution is -0.136. The molecule has 1 N–H and O–H groups in total. The number of carbonyl (C=O) groups is 1. The van der Waals surface area contributed by atoms with E-state index in [1.165, 1.54) is 0 Å². The van der Waals surface area contributed by atoms with E-state index in [0.717, 1.165) is 16.5 Å². The van der Waals surface area contributed by atoms with Crippen LogP contribution in [-0.2, 0) is 11.2 Å². The summed E-state index contributed by atoms with van der Waals surface area (Å²) < 4.78 is 22.0. The number of fused-ring (bicyclic) bond motifs is 2. The molecule has 0 radical (unpaired) electrons. The zero-order valence-corrected chi connectivity index (χ0v) is 17.0. The topological polar surface area (TPSA) is 99.1 Å². The molecule has 0 aliphatic carbocycles. The van der Waals surface area contributed by atoms with Crippen LogP contribution in [0, 0.1) is 13.8 Å². The summed E-state index contributed by atoms with van der Waals surface area (Å²) in [5, 5.41) is 10.7. The van der Waals surface area contributed by atoms with Gasteiger partial charge in [-0.05, 0) is 43.2 Å². The Labute approximate surface area is 171 Å². The van der Waals surface area contributed by atoms with Gasteiger partial charge in [0.05, 0.1) is 32.5 Å². The summed E-state index contributed by atoms with van der Waals surface area (Å²) in [5.74, 6) is 0.122. The van der Waals surface area contributed by atoms with Gasteiger partial charge in [-0.2, -0.15) is 0 Å². The average Bonchev–Trinajstić information content (AvgIpc) is 3.15. The van der Waals surface area contributed by atoms with Crippen molar-refractivity contribution in [1.29, 1.82) is 0 Å². The van der Waals surface area contributed by atoms with Crippen molar-refractivity contribution in [2.45, 2.75) is 20.3 Å². The molecule has 4 aromatic rings. The van der Waals surface area contributed by atoms with Gasteiger partial charge in [0.1, 0.15) is 11.2 Å². The lowest BCUT2D eigenvalue weighted by atomic mass is 9.97.